The average molecular weight is 478 g/mol. The Morgan fingerprint density at radius 2 is 1.53 bits per heavy atom. The SMILES string of the molecule is CC(C)(CCNC(=O)C(NC(=O)OCC1c2ccccc2-c2ccccc21)C(F)(F)F)C(=O)O. The topological polar surface area (TPSA) is 105 Å². The molecule has 2 aromatic carbocycles. The van der Waals surface area contributed by atoms with E-state index in [1.807, 2.05) is 53.8 Å². The molecule has 1 aliphatic carbocycles. The minimum Gasteiger partial charge on any atom is -0.481 e. The molecule has 3 rings (SSSR count). The third kappa shape index (κ3) is 5.49. The lowest BCUT2D eigenvalue weighted by atomic mass is 9.90. The van der Waals surface area contributed by atoms with E-state index in [0.717, 1.165) is 22.3 Å². The Kier molecular flexibility index (Phi) is 7.18. The normalized spacial score (nSPS) is 14.0. The molecule has 182 valence electrons. The molecule has 1 atom stereocenters. The maximum atomic E-state index is 13.4. The zero-order valence-corrected chi connectivity index (χ0v) is 18.6. The van der Waals surface area contributed by atoms with Gasteiger partial charge in [0, 0.05) is 12.5 Å². The number of alkyl carbamates (subject to hydrolysis) is 1. The summed E-state index contributed by atoms with van der Waals surface area (Å²) < 4.78 is 45.4. The number of ether oxygens (including phenoxy) is 1. The number of aliphatic carboxylic acids is 1. The number of alkyl halides is 3. The highest BCUT2D eigenvalue weighted by molar-refractivity contribution is 5.86. The van der Waals surface area contributed by atoms with Gasteiger partial charge in [-0.15, -0.1) is 0 Å². The fraction of sp³-hybridized carbons (Fsp3) is 0.375. The summed E-state index contributed by atoms with van der Waals surface area (Å²) in [7, 11) is 0. The van der Waals surface area contributed by atoms with Gasteiger partial charge in [0.05, 0.1) is 5.41 Å². The minimum atomic E-state index is -5.07. The van der Waals surface area contributed by atoms with Crippen LogP contribution < -0.4 is 10.6 Å². The van der Waals surface area contributed by atoms with Gasteiger partial charge < -0.3 is 20.5 Å². The molecule has 0 bridgehead atoms. The third-order valence-electron chi connectivity index (χ3n) is 5.82. The van der Waals surface area contributed by atoms with Crippen LogP contribution in [-0.4, -0.2) is 48.4 Å². The Morgan fingerprint density at radius 1 is 1.00 bits per heavy atom. The fourth-order valence-corrected chi connectivity index (χ4v) is 3.76. The molecule has 2 amide bonds. The first-order valence-corrected chi connectivity index (χ1v) is 10.6. The van der Waals surface area contributed by atoms with Gasteiger partial charge in [0.25, 0.3) is 5.91 Å². The van der Waals surface area contributed by atoms with E-state index in [1.165, 1.54) is 13.8 Å². The number of halogens is 3. The monoisotopic (exact) mass is 478 g/mol. The Morgan fingerprint density at radius 3 is 2.03 bits per heavy atom. The second kappa shape index (κ2) is 9.74. The Labute approximate surface area is 194 Å². The van der Waals surface area contributed by atoms with E-state index in [1.54, 1.807) is 5.32 Å². The Balaban J connectivity index is 1.63. The number of carbonyl (C=O) groups is 3. The first-order chi connectivity index (χ1) is 15.9. The first kappa shape index (κ1) is 25.1. The minimum absolute atomic E-state index is 0.0937. The van der Waals surface area contributed by atoms with Gasteiger partial charge in [-0.05, 0) is 42.5 Å². The molecule has 34 heavy (non-hydrogen) atoms. The van der Waals surface area contributed by atoms with Crippen molar-refractivity contribution in [2.75, 3.05) is 13.2 Å². The molecule has 7 nitrogen and oxygen atoms in total. The van der Waals surface area contributed by atoms with Gasteiger partial charge in [-0.3, -0.25) is 9.59 Å². The van der Waals surface area contributed by atoms with Crippen molar-refractivity contribution in [1.82, 2.24) is 10.6 Å². The van der Waals surface area contributed by atoms with Crippen molar-refractivity contribution in [3.05, 3.63) is 59.7 Å². The summed E-state index contributed by atoms with van der Waals surface area (Å²) in [5.74, 6) is -3.00. The number of nitrogens with one attached hydrogen (secondary N) is 2. The summed E-state index contributed by atoms with van der Waals surface area (Å²) in [5.41, 5.74) is 2.47. The van der Waals surface area contributed by atoms with E-state index in [-0.39, 0.29) is 25.5 Å². The molecule has 1 aliphatic rings. The molecule has 3 N–H and O–H groups in total. The molecule has 0 spiro atoms. The van der Waals surface area contributed by atoms with Gasteiger partial charge in [-0.2, -0.15) is 13.2 Å². The van der Waals surface area contributed by atoms with E-state index in [2.05, 4.69) is 0 Å². The molecular weight excluding hydrogens is 453 g/mol. The maximum Gasteiger partial charge on any atom is 0.417 e. The predicted molar refractivity (Wildman–Crippen MR) is 117 cm³/mol. The molecule has 2 aromatic rings. The van der Waals surface area contributed by atoms with Crippen LogP contribution in [-0.2, 0) is 14.3 Å². The van der Waals surface area contributed by atoms with Crippen molar-refractivity contribution >= 4 is 18.0 Å². The molecule has 10 heteroatoms. The number of benzene rings is 2. The fourth-order valence-electron chi connectivity index (χ4n) is 3.76. The van der Waals surface area contributed by atoms with Crippen LogP contribution in [0.15, 0.2) is 48.5 Å². The molecule has 0 fully saturated rings. The highest BCUT2D eigenvalue weighted by Crippen LogP contribution is 2.44. The van der Waals surface area contributed by atoms with Crippen molar-refractivity contribution in [1.29, 1.82) is 0 Å². The first-order valence-electron chi connectivity index (χ1n) is 10.6. The Hall–Kier alpha value is -3.56. The van der Waals surface area contributed by atoms with Crippen molar-refractivity contribution in [2.45, 2.75) is 38.4 Å². The van der Waals surface area contributed by atoms with Crippen molar-refractivity contribution < 1.29 is 37.4 Å². The molecule has 1 unspecified atom stereocenters. The maximum absolute atomic E-state index is 13.4. The van der Waals surface area contributed by atoms with Crippen LogP contribution in [0.2, 0.25) is 0 Å². The predicted octanol–water partition coefficient (Wildman–Crippen LogP) is 4.07. The summed E-state index contributed by atoms with van der Waals surface area (Å²) in [5, 5.41) is 12.7. The molecule has 0 heterocycles. The number of carbonyl (C=O) groups excluding carboxylic acids is 2. The third-order valence-corrected chi connectivity index (χ3v) is 5.82. The summed E-state index contributed by atoms with van der Waals surface area (Å²) in [6.07, 6.45) is -6.55. The largest absolute Gasteiger partial charge is 0.481 e. The second-order valence-electron chi connectivity index (χ2n) is 8.67. The van der Waals surface area contributed by atoms with E-state index in [4.69, 9.17) is 9.84 Å². The summed E-state index contributed by atoms with van der Waals surface area (Å²) >= 11 is 0. The standard InChI is InChI=1S/C24H25F3N2O5/c1-23(2,21(31)32)11-12-28-20(30)19(24(25,26)27)29-22(33)34-13-18-16-9-5-3-7-14(16)15-8-4-6-10-17(15)18/h3-10,18-19H,11-13H2,1-2H3,(H,28,30)(H,29,33)(H,31,32). The highest BCUT2D eigenvalue weighted by atomic mass is 19.4. The van der Waals surface area contributed by atoms with Crippen molar-refractivity contribution in [2.24, 2.45) is 5.41 Å². The zero-order chi connectivity index (χ0) is 25.1. The van der Waals surface area contributed by atoms with Crippen LogP contribution in [0.4, 0.5) is 18.0 Å². The summed E-state index contributed by atoms with van der Waals surface area (Å²) in [6.45, 7) is 2.26. The van der Waals surface area contributed by atoms with Gasteiger partial charge in [0.15, 0.2) is 0 Å². The van der Waals surface area contributed by atoms with E-state index < -0.39 is 35.6 Å². The number of carboxylic acids is 1. The van der Waals surface area contributed by atoms with E-state index >= 15 is 0 Å². The molecule has 0 aliphatic heterocycles. The van der Waals surface area contributed by atoms with Crippen LogP contribution >= 0.6 is 0 Å². The summed E-state index contributed by atoms with van der Waals surface area (Å²) in [4.78, 5) is 35.4. The number of hydrogen-bond acceptors (Lipinski definition) is 4. The lowest BCUT2D eigenvalue weighted by molar-refractivity contribution is -0.167. The van der Waals surface area contributed by atoms with Gasteiger partial charge in [0.1, 0.15) is 6.61 Å². The van der Waals surface area contributed by atoms with Crippen molar-refractivity contribution in [3.8, 4) is 11.1 Å². The van der Waals surface area contributed by atoms with Gasteiger partial charge in [-0.25, -0.2) is 4.79 Å². The molecule has 0 saturated heterocycles. The molecule has 0 aromatic heterocycles. The number of carboxylic acid groups (broad SMARTS) is 1. The average Bonchev–Trinajstić information content (AvgIpc) is 3.08. The lowest BCUT2D eigenvalue weighted by Crippen LogP contribution is -2.55. The van der Waals surface area contributed by atoms with Gasteiger partial charge in [-0.1, -0.05) is 48.5 Å². The van der Waals surface area contributed by atoms with Crippen LogP contribution in [0.3, 0.4) is 0 Å². The van der Waals surface area contributed by atoms with Crippen LogP contribution in [0.5, 0.6) is 0 Å². The van der Waals surface area contributed by atoms with E-state index in [0.29, 0.717) is 0 Å². The molecule has 0 radical (unpaired) electrons. The quantitative estimate of drug-likeness (QED) is 0.531. The molecule has 0 saturated carbocycles. The van der Waals surface area contributed by atoms with Gasteiger partial charge in [0.2, 0.25) is 6.04 Å². The highest BCUT2D eigenvalue weighted by Gasteiger charge is 2.46. The number of rotatable bonds is 8. The molecular formula is C24H25F3N2O5. The second-order valence-corrected chi connectivity index (χ2v) is 8.67. The smallest absolute Gasteiger partial charge is 0.417 e. The van der Waals surface area contributed by atoms with Crippen LogP contribution in [0, 0.1) is 5.41 Å². The lowest BCUT2D eigenvalue weighted by Gasteiger charge is -2.23. The van der Waals surface area contributed by atoms with Gasteiger partial charge >= 0.3 is 18.2 Å². The van der Waals surface area contributed by atoms with E-state index in [9.17, 15) is 27.6 Å². The Bertz CT molecular complexity index is 1040. The number of hydrogen-bond donors (Lipinski definition) is 3. The number of amides is 2. The van der Waals surface area contributed by atoms with Crippen molar-refractivity contribution in [3.63, 3.8) is 0 Å². The zero-order valence-electron chi connectivity index (χ0n) is 18.6. The van der Waals surface area contributed by atoms with Crippen LogP contribution in [0.25, 0.3) is 11.1 Å². The van der Waals surface area contributed by atoms with Crippen LogP contribution in [0.1, 0.15) is 37.3 Å². The summed E-state index contributed by atoms with van der Waals surface area (Å²) in [6, 6.07) is 12.1. The number of fused-ring (bicyclic) bond motifs is 3.